The van der Waals surface area contributed by atoms with E-state index in [1.54, 1.807) is 18.2 Å². The highest BCUT2D eigenvalue weighted by molar-refractivity contribution is 7.89. The van der Waals surface area contributed by atoms with Crippen molar-refractivity contribution >= 4 is 10.0 Å². The summed E-state index contributed by atoms with van der Waals surface area (Å²) in [7, 11) is 2.27. The fourth-order valence-electron chi connectivity index (χ4n) is 1.99. The first-order chi connectivity index (χ1) is 9.40. The summed E-state index contributed by atoms with van der Waals surface area (Å²) in [5.74, 6) is 0. The number of nitrogens with zero attached hydrogens (tertiary/aromatic N) is 1. The number of likely N-dealkylation sites (N-methyl/N-ethyl adjacent to an activating group) is 1. The van der Waals surface area contributed by atoms with E-state index in [1.165, 1.54) is 0 Å². The van der Waals surface area contributed by atoms with Crippen molar-refractivity contribution in [2.24, 2.45) is 0 Å². The van der Waals surface area contributed by atoms with E-state index in [1.807, 2.05) is 32.1 Å². The number of hydrogen-bond donors (Lipinski definition) is 2. The molecule has 0 amide bonds. The molecule has 2 N–H and O–H groups in total. The molecule has 0 aliphatic rings. The van der Waals surface area contributed by atoms with Gasteiger partial charge in [-0.3, -0.25) is 0 Å². The molecule has 0 radical (unpaired) electrons. The summed E-state index contributed by atoms with van der Waals surface area (Å²) in [4.78, 5) is 2.26. The highest BCUT2D eigenvalue weighted by Crippen LogP contribution is 2.19. The molecule has 1 rings (SSSR count). The molecule has 0 saturated heterocycles. The quantitative estimate of drug-likeness (QED) is 0.757. The Morgan fingerprint density at radius 2 is 2.00 bits per heavy atom. The van der Waals surface area contributed by atoms with Gasteiger partial charge >= 0.3 is 0 Å². The predicted molar refractivity (Wildman–Crippen MR) is 82.3 cm³/mol. The lowest BCUT2D eigenvalue weighted by atomic mass is 10.1. The molecule has 0 aromatic heterocycles. The topological polar surface area (TPSA) is 61.4 Å². The van der Waals surface area contributed by atoms with Crippen molar-refractivity contribution in [3.8, 4) is 0 Å². The fourth-order valence-corrected chi connectivity index (χ4v) is 3.07. The summed E-state index contributed by atoms with van der Waals surface area (Å²) in [6.07, 6.45) is 0.911. The molecule has 6 heteroatoms. The summed E-state index contributed by atoms with van der Waals surface area (Å²) < 4.78 is 27.0. The Morgan fingerprint density at radius 1 is 1.30 bits per heavy atom. The molecular formula is C14H25N3O2S. The first-order valence-electron chi connectivity index (χ1n) is 6.82. The summed E-state index contributed by atoms with van der Waals surface area (Å²) >= 11 is 0. The van der Waals surface area contributed by atoms with E-state index in [9.17, 15) is 8.42 Å². The third kappa shape index (κ3) is 4.86. The molecule has 0 fully saturated rings. The van der Waals surface area contributed by atoms with E-state index in [4.69, 9.17) is 0 Å². The van der Waals surface area contributed by atoms with Gasteiger partial charge in [0.1, 0.15) is 0 Å². The van der Waals surface area contributed by atoms with Crippen LogP contribution in [0.1, 0.15) is 24.9 Å². The normalized spacial score (nSPS) is 13.7. The van der Waals surface area contributed by atoms with Crippen LogP contribution in [0.3, 0.4) is 0 Å². The zero-order valence-electron chi connectivity index (χ0n) is 12.7. The van der Waals surface area contributed by atoms with Gasteiger partial charge < -0.3 is 10.2 Å². The van der Waals surface area contributed by atoms with Crippen molar-refractivity contribution in [1.29, 1.82) is 0 Å². The summed E-state index contributed by atoms with van der Waals surface area (Å²) in [5.41, 5.74) is 0.991. The van der Waals surface area contributed by atoms with Gasteiger partial charge in [0.2, 0.25) is 10.0 Å². The van der Waals surface area contributed by atoms with E-state index in [2.05, 4.69) is 17.0 Å². The summed E-state index contributed by atoms with van der Waals surface area (Å²) in [6, 6.07) is 7.28. The number of benzene rings is 1. The van der Waals surface area contributed by atoms with Gasteiger partial charge in [0.05, 0.1) is 4.90 Å². The van der Waals surface area contributed by atoms with Crippen LogP contribution < -0.4 is 10.0 Å². The molecule has 0 saturated carbocycles. The molecule has 1 unspecified atom stereocenters. The molecule has 0 aliphatic carbocycles. The van der Waals surface area contributed by atoms with E-state index >= 15 is 0 Å². The standard InChI is InChI=1S/C14H25N3O2S/c1-5-14(15-2)12-7-6-8-13(11-12)20(18,19)16-9-10-17(3)4/h6-8,11,14-16H,5,9-10H2,1-4H3. The minimum Gasteiger partial charge on any atom is -0.313 e. The minimum absolute atomic E-state index is 0.173. The number of rotatable bonds is 8. The highest BCUT2D eigenvalue weighted by atomic mass is 32.2. The largest absolute Gasteiger partial charge is 0.313 e. The van der Waals surface area contributed by atoms with Crippen molar-refractivity contribution in [2.75, 3.05) is 34.2 Å². The van der Waals surface area contributed by atoms with Crippen LogP contribution in [0, 0.1) is 0 Å². The van der Waals surface area contributed by atoms with Gasteiger partial charge in [0.15, 0.2) is 0 Å². The maximum Gasteiger partial charge on any atom is 0.240 e. The van der Waals surface area contributed by atoms with Crippen LogP contribution in [-0.2, 0) is 10.0 Å². The number of nitrogens with one attached hydrogen (secondary N) is 2. The average molecular weight is 299 g/mol. The second-order valence-electron chi connectivity index (χ2n) is 5.02. The lowest BCUT2D eigenvalue weighted by Gasteiger charge is -2.16. The van der Waals surface area contributed by atoms with Crippen LogP contribution in [0.2, 0.25) is 0 Å². The maximum absolute atomic E-state index is 12.2. The van der Waals surface area contributed by atoms with Gasteiger partial charge in [0.25, 0.3) is 0 Å². The Kier molecular flexibility index (Phi) is 6.61. The van der Waals surface area contributed by atoms with Gasteiger partial charge in [-0.25, -0.2) is 13.1 Å². The predicted octanol–water partition coefficient (Wildman–Crippen LogP) is 1.20. The van der Waals surface area contributed by atoms with Crippen molar-refractivity contribution in [2.45, 2.75) is 24.3 Å². The van der Waals surface area contributed by atoms with Crippen molar-refractivity contribution < 1.29 is 8.42 Å². The highest BCUT2D eigenvalue weighted by Gasteiger charge is 2.15. The molecule has 1 atom stereocenters. The van der Waals surface area contributed by atoms with Gasteiger partial charge in [-0.2, -0.15) is 0 Å². The number of hydrogen-bond acceptors (Lipinski definition) is 4. The van der Waals surface area contributed by atoms with Gasteiger partial charge in [-0.15, -0.1) is 0 Å². The average Bonchev–Trinajstić information content (AvgIpc) is 2.40. The first kappa shape index (κ1) is 17.1. The Morgan fingerprint density at radius 3 is 2.55 bits per heavy atom. The van der Waals surface area contributed by atoms with Crippen LogP contribution in [0.15, 0.2) is 29.2 Å². The maximum atomic E-state index is 12.2. The van der Waals surface area contributed by atoms with Crippen molar-refractivity contribution in [3.05, 3.63) is 29.8 Å². The van der Waals surface area contributed by atoms with E-state index in [0.29, 0.717) is 18.0 Å². The third-order valence-electron chi connectivity index (χ3n) is 3.18. The molecule has 20 heavy (non-hydrogen) atoms. The third-order valence-corrected chi connectivity index (χ3v) is 4.64. The monoisotopic (exact) mass is 299 g/mol. The Hall–Kier alpha value is -0.950. The SMILES string of the molecule is CCC(NC)c1cccc(S(=O)(=O)NCCN(C)C)c1. The number of sulfonamides is 1. The molecule has 114 valence electrons. The van der Waals surface area contributed by atoms with E-state index < -0.39 is 10.0 Å². The van der Waals surface area contributed by atoms with E-state index in [-0.39, 0.29) is 6.04 Å². The molecule has 0 heterocycles. The van der Waals surface area contributed by atoms with Crippen molar-refractivity contribution in [1.82, 2.24) is 14.9 Å². The molecule has 5 nitrogen and oxygen atoms in total. The molecule has 1 aromatic carbocycles. The molecule has 0 aliphatic heterocycles. The second-order valence-corrected chi connectivity index (χ2v) is 6.79. The zero-order chi connectivity index (χ0) is 15.2. The Bertz CT molecular complexity index is 511. The van der Waals surface area contributed by atoms with Gasteiger partial charge in [-0.1, -0.05) is 19.1 Å². The Balaban J connectivity index is 2.87. The first-order valence-corrected chi connectivity index (χ1v) is 8.30. The minimum atomic E-state index is -3.43. The zero-order valence-corrected chi connectivity index (χ0v) is 13.5. The molecular weight excluding hydrogens is 274 g/mol. The second kappa shape index (κ2) is 7.73. The van der Waals surface area contributed by atoms with Gasteiger partial charge in [-0.05, 0) is 45.3 Å². The molecule has 0 spiro atoms. The van der Waals surface area contributed by atoms with E-state index in [0.717, 1.165) is 12.0 Å². The summed E-state index contributed by atoms with van der Waals surface area (Å²) in [6.45, 7) is 3.15. The molecule has 0 bridgehead atoms. The van der Waals surface area contributed by atoms with Crippen molar-refractivity contribution in [3.63, 3.8) is 0 Å². The summed E-state index contributed by atoms with van der Waals surface area (Å²) in [5, 5.41) is 3.18. The lowest BCUT2D eigenvalue weighted by molar-refractivity contribution is 0.412. The van der Waals surface area contributed by atoms with Crippen LogP contribution in [0.25, 0.3) is 0 Å². The lowest BCUT2D eigenvalue weighted by Crippen LogP contribution is -2.31. The molecule has 1 aromatic rings. The van der Waals surface area contributed by atoms with Crippen LogP contribution >= 0.6 is 0 Å². The fraction of sp³-hybridized carbons (Fsp3) is 0.571. The van der Waals surface area contributed by atoms with Gasteiger partial charge in [0, 0.05) is 19.1 Å². The smallest absolute Gasteiger partial charge is 0.240 e. The van der Waals surface area contributed by atoms with Crippen LogP contribution in [0.4, 0.5) is 0 Å². The van der Waals surface area contributed by atoms with Crippen LogP contribution in [0.5, 0.6) is 0 Å². The Labute approximate surface area is 122 Å². The van der Waals surface area contributed by atoms with Crippen LogP contribution in [-0.4, -0.2) is 47.6 Å².